The van der Waals surface area contributed by atoms with E-state index in [1.54, 1.807) is 6.92 Å². The van der Waals surface area contributed by atoms with Crippen LogP contribution in [0.2, 0.25) is 0 Å². The number of nitrogens with zero attached hydrogens (tertiary/aromatic N) is 2. The number of rotatable bonds is 6. The second-order valence-corrected chi connectivity index (χ2v) is 7.48. The van der Waals surface area contributed by atoms with Gasteiger partial charge >= 0.3 is 0 Å². The van der Waals surface area contributed by atoms with Crippen molar-refractivity contribution in [1.29, 1.82) is 0 Å². The molecule has 1 aromatic heterocycles. The molecule has 1 saturated carbocycles. The molecule has 140 valence electrons. The molecule has 1 atom stereocenters. The van der Waals surface area contributed by atoms with Gasteiger partial charge in [-0.2, -0.15) is 0 Å². The third kappa shape index (κ3) is 6.21. The minimum Gasteiger partial charge on any atom is -0.354 e. The van der Waals surface area contributed by atoms with Crippen LogP contribution in [0.4, 0.5) is 0 Å². The monoisotopic (exact) mass is 361 g/mol. The lowest BCUT2D eigenvalue weighted by Crippen LogP contribution is -2.31. The highest BCUT2D eigenvalue weighted by atomic mass is 16.1. The maximum atomic E-state index is 11.1. The number of carbonyl (C=O) groups is 1. The number of hydrogen-bond acceptors (Lipinski definition) is 3. The van der Waals surface area contributed by atoms with Gasteiger partial charge in [0.15, 0.2) is 0 Å². The minimum absolute atomic E-state index is 0.00117. The molecular formula is C23H27N3O. The quantitative estimate of drug-likeness (QED) is 0.799. The Morgan fingerprint density at radius 3 is 2.41 bits per heavy atom. The van der Waals surface area contributed by atoms with E-state index < -0.39 is 0 Å². The average molecular weight is 361 g/mol. The van der Waals surface area contributed by atoms with Gasteiger partial charge in [-0.1, -0.05) is 43.2 Å². The zero-order chi connectivity index (χ0) is 19.1. The van der Waals surface area contributed by atoms with E-state index in [-0.39, 0.29) is 11.9 Å². The summed E-state index contributed by atoms with van der Waals surface area (Å²) in [6.45, 7) is 3.55. The van der Waals surface area contributed by atoms with Crippen molar-refractivity contribution in [3.05, 3.63) is 59.2 Å². The Kier molecular flexibility index (Phi) is 6.59. The van der Waals surface area contributed by atoms with Crippen LogP contribution >= 0.6 is 0 Å². The number of nitrogens with one attached hydrogen (secondary N) is 1. The van der Waals surface area contributed by atoms with Gasteiger partial charge in [-0.3, -0.25) is 4.79 Å². The van der Waals surface area contributed by atoms with E-state index in [2.05, 4.69) is 39.3 Å². The third-order valence-corrected chi connectivity index (χ3v) is 5.00. The Hall–Kier alpha value is -2.67. The number of aryl methyl sites for hydroxylation is 1. The van der Waals surface area contributed by atoms with Crippen molar-refractivity contribution in [2.45, 2.75) is 58.4 Å². The van der Waals surface area contributed by atoms with Crippen LogP contribution in [0.5, 0.6) is 0 Å². The molecule has 0 saturated heterocycles. The molecule has 0 radical (unpaired) electrons. The van der Waals surface area contributed by atoms with Crippen LogP contribution in [-0.4, -0.2) is 21.9 Å². The molecule has 1 aliphatic carbocycles. The Bertz CT molecular complexity index is 811. The molecule has 1 aliphatic rings. The summed E-state index contributed by atoms with van der Waals surface area (Å²) in [5, 5.41) is 2.90. The molecule has 1 N–H and O–H groups in total. The predicted octanol–water partition coefficient (Wildman–Crippen LogP) is 3.68. The van der Waals surface area contributed by atoms with Crippen LogP contribution in [0.25, 0.3) is 0 Å². The third-order valence-electron chi connectivity index (χ3n) is 5.00. The smallest absolute Gasteiger partial charge is 0.217 e. The standard InChI is InChI=1S/C23H27N3O/c1-17(26-18(2)27)14-21-9-6-20(7-10-21)8-11-22-15-24-23(25-16-22)13-12-19-4-3-5-19/h6-7,9-10,15-17,19H,3-5,12-14H2,1-2H3,(H,26,27). The molecule has 1 fully saturated rings. The molecule has 1 amide bonds. The van der Waals surface area contributed by atoms with Crippen molar-refractivity contribution in [2.24, 2.45) is 5.92 Å². The van der Waals surface area contributed by atoms with Gasteiger partial charge < -0.3 is 5.32 Å². The van der Waals surface area contributed by atoms with Gasteiger partial charge in [-0.05, 0) is 43.4 Å². The van der Waals surface area contributed by atoms with E-state index in [4.69, 9.17) is 0 Å². The Labute approximate surface area is 161 Å². The van der Waals surface area contributed by atoms with Crippen LogP contribution in [0, 0.1) is 17.8 Å². The Balaban J connectivity index is 1.52. The molecule has 0 spiro atoms. The highest BCUT2D eigenvalue weighted by molar-refractivity contribution is 5.73. The number of amides is 1. The Morgan fingerprint density at radius 2 is 1.81 bits per heavy atom. The molecule has 4 nitrogen and oxygen atoms in total. The molecule has 0 aliphatic heterocycles. The summed E-state index contributed by atoms with van der Waals surface area (Å²) in [6.07, 6.45) is 10.7. The molecule has 4 heteroatoms. The SMILES string of the molecule is CC(=O)NC(C)Cc1ccc(C#Cc2cnc(CCC3CCC3)nc2)cc1. The zero-order valence-electron chi connectivity index (χ0n) is 16.2. The van der Waals surface area contributed by atoms with Crippen molar-refractivity contribution < 1.29 is 4.79 Å². The molecule has 0 bridgehead atoms. The molecule has 2 aromatic rings. The average Bonchev–Trinajstić information content (AvgIpc) is 2.60. The highest BCUT2D eigenvalue weighted by Gasteiger charge is 2.17. The normalized spacial score (nSPS) is 14.6. The number of aromatic nitrogens is 2. The van der Waals surface area contributed by atoms with Gasteiger partial charge in [0, 0.05) is 37.3 Å². The van der Waals surface area contributed by atoms with Crippen molar-refractivity contribution in [2.75, 3.05) is 0 Å². The van der Waals surface area contributed by atoms with Crippen molar-refractivity contribution >= 4 is 5.91 Å². The van der Waals surface area contributed by atoms with Gasteiger partial charge in [0.1, 0.15) is 5.82 Å². The summed E-state index contributed by atoms with van der Waals surface area (Å²) in [7, 11) is 0. The van der Waals surface area contributed by atoms with E-state index in [1.165, 1.54) is 31.2 Å². The number of hydrogen-bond donors (Lipinski definition) is 1. The summed E-state index contributed by atoms with van der Waals surface area (Å²) in [6, 6.07) is 8.26. The number of benzene rings is 1. The lowest BCUT2D eigenvalue weighted by molar-refractivity contribution is -0.119. The van der Waals surface area contributed by atoms with E-state index in [0.717, 1.165) is 35.7 Å². The van der Waals surface area contributed by atoms with Crippen LogP contribution < -0.4 is 5.32 Å². The van der Waals surface area contributed by atoms with E-state index in [9.17, 15) is 4.79 Å². The molecule has 1 unspecified atom stereocenters. The second-order valence-electron chi connectivity index (χ2n) is 7.48. The molecular weight excluding hydrogens is 334 g/mol. The Morgan fingerprint density at radius 1 is 1.15 bits per heavy atom. The van der Waals surface area contributed by atoms with Gasteiger partial charge in [-0.15, -0.1) is 0 Å². The topological polar surface area (TPSA) is 54.9 Å². The van der Waals surface area contributed by atoms with Crippen molar-refractivity contribution in [3.8, 4) is 11.8 Å². The van der Waals surface area contributed by atoms with Crippen molar-refractivity contribution in [3.63, 3.8) is 0 Å². The van der Waals surface area contributed by atoms with Gasteiger partial charge in [0.2, 0.25) is 5.91 Å². The first-order valence-electron chi connectivity index (χ1n) is 9.77. The first-order chi connectivity index (χ1) is 13.1. The molecule has 1 aromatic carbocycles. The fourth-order valence-corrected chi connectivity index (χ4v) is 3.28. The largest absolute Gasteiger partial charge is 0.354 e. The molecule has 27 heavy (non-hydrogen) atoms. The lowest BCUT2D eigenvalue weighted by Gasteiger charge is -2.24. The van der Waals surface area contributed by atoms with E-state index in [0.29, 0.717) is 0 Å². The maximum absolute atomic E-state index is 11.1. The summed E-state index contributed by atoms with van der Waals surface area (Å²) in [5.41, 5.74) is 2.98. The summed E-state index contributed by atoms with van der Waals surface area (Å²) < 4.78 is 0. The van der Waals surface area contributed by atoms with Crippen molar-refractivity contribution in [1.82, 2.24) is 15.3 Å². The maximum Gasteiger partial charge on any atom is 0.217 e. The van der Waals surface area contributed by atoms with E-state index >= 15 is 0 Å². The van der Waals surface area contributed by atoms with E-state index in [1.807, 2.05) is 31.5 Å². The second kappa shape index (κ2) is 9.32. The van der Waals surface area contributed by atoms with Crippen LogP contribution in [0.15, 0.2) is 36.7 Å². The fraction of sp³-hybridized carbons (Fsp3) is 0.435. The lowest BCUT2D eigenvalue weighted by atomic mass is 9.82. The van der Waals surface area contributed by atoms with Gasteiger partial charge in [0.25, 0.3) is 0 Å². The first kappa shape index (κ1) is 19.1. The highest BCUT2D eigenvalue weighted by Crippen LogP contribution is 2.30. The molecule has 1 heterocycles. The predicted molar refractivity (Wildman–Crippen MR) is 107 cm³/mol. The number of carbonyl (C=O) groups excluding carboxylic acids is 1. The fourth-order valence-electron chi connectivity index (χ4n) is 3.28. The van der Waals surface area contributed by atoms with Gasteiger partial charge in [0.05, 0.1) is 5.56 Å². The summed E-state index contributed by atoms with van der Waals surface area (Å²) >= 11 is 0. The summed E-state index contributed by atoms with van der Waals surface area (Å²) in [5.74, 6) is 8.10. The van der Waals surface area contributed by atoms with Crippen LogP contribution in [-0.2, 0) is 17.6 Å². The van der Waals surface area contributed by atoms with Crippen LogP contribution in [0.1, 0.15) is 62.0 Å². The van der Waals surface area contributed by atoms with Crippen LogP contribution in [0.3, 0.4) is 0 Å². The summed E-state index contributed by atoms with van der Waals surface area (Å²) in [4.78, 5) is 20.0. The minimum atomic E-state index is 0.00117. The zero-order valence-corrected chi connectivity index (χ0v) is 16.2. The van der Waals surface area contributed by atoms with Gasteiger partial charge in [-0.25, -0.2) is 9.97 Å². The molecule has 3 rings (SSSR count). The first-order valence-corrected chi connectivity index (χ1v) is 9.77.